The lowest BCUT2D eigenvalue weighted by Gasteiger charge is -2.38. The number of nitriles is 1. The number of imidazole rings is 1. The van der Waals surface area contributed by atoms with Crippen LogP contribution in [0.15, 0.2) is 42.9 Å². The van der Waals surface area contributed by atoms with Crippen molar-refractivity contribution in [3.05, 3.63) is 54.1 Å². The molecular weight excluding hydrogens is 485 g/mol. The van der Waals surface area contributed by atoms with E-state index in [0.29, 0.717) is 17.9 Å². The summed E-state index contributed by atoms with van der Waals surface area (Å²) in [5, 5.41) is 14.7. The first kappa shape index (κ1) is 25.5. The standard InChI is InChI=1S/C21H24N6O2.BCl3/c1-4-16-14(2)20(3,28-11-15-8-6-5-7-9-15)21(12-22,29-16)17-10-24-19-18(23)25-13-26-27(17)19;2-1(3)4/h5-10,13-14,16H,4,11H2,1-3H3,(H2,23,25,26);/t14-,16-,20-,21+;/m1./s1. The van der Waals surface area contributed by atoms with Gasteiger partial charge in [-0.25, -0.2) is 14.5 Å². The average molecular weight is 510 g/mol. The highest BCUT2D eigenvalue weighted by molar-refractivity contribution is 7.54. The van der Waals surface area contributed by atoms with Gasteiger partial charge in [-0.3, -0.25) is 0 Å². The van der Waals surface area contributed by atoms with Crippen LogP contribution in [0.3, 0.4) is 0 Å². The molecule has 0 unspecified atom stereocenters. The zero-order valence-corrected chi connectivity index (χ0v) is 20.7. The van der Waals surface area contributed by atoms with Crippen molar-refractivity contribution in [2.24, 2.45) is 5.92 Å². The minimum atomic E-state index is -1.40. The molecule has 4 rings (SSSR count). The van der Waals surface area contributed by atoms with E-state index in [9.17, 15) is 5.26 Å². The fraction of sp³-hybridized carbons (Fsp3) is 0.429. The van der Waals surface area contributed by atoms with Crippen molar-refractivity contribution >= 4 is 50.8 Å². The predicted octanol–water partition coefficient (Wildman–Crippen LogP) is 4.53. The van der Waals surface area contributed by atoms with Crippen LogP contribution in [0.25, 0.3) is 5.65 Å². The van der Waals surface area contributed by atoms with E-state index >= 15 is 0 Å². The van der Waals surface area contributed by atoms with Gasteiger partial charge in [0.2, 0.25) is 5.60 Å². The summed E-state index contributed by atoms with van der Waals surface area (Å²) < 4.78 is 14.4. The third-order valence-corrected chi connectivity index (χ3v) is 6.09. The Morgan fingerprint density at radius 3 is 2.55 bits per heavy atom. The van der Waals surface area contributed by atoms with Crippen molar-refractivity contribution < 1.29 is 9.47 Å². The van der Waals surface area contributed by atoms with Crippen molar-refractivity contribution in [3.63, 3.8) is 0 Å². The van der Waals surface area contributed by atoms with Gasteiger partial charge < -0.3 is 15.2 Å². The fourth-order valence-electron chi connectivity index (χ4n) is 4.18. The number of benzene rings is 1. The second kappa shape index (κ2) is 10.5. The number of halogens is 3. The highest BCUT2D eigenvalue weighted by Crippen LogP contribution is 2.53. The Balaban J connectivity index is 0.000000709. The zero-order valence-electron chi connectivity index (χ0n) is 18.5. The number of nitrogens with zero attached hydrogens (tertiary/aromatic N) is 5. The van der Waals surface area contributed by atoms with Crippen molar-refractivity contribution in [2.75, 3.05) is 5.73 Å². The van der Waals surface area contributed by atoms with E-state index in [1.165, 1.54) is 10.8 Å². The largest absolute Gasteiger partial charge is 0.450 e. The Hall–Kier alpha value is -2.09. The molecule has 1 saturated heterocycles. The van der Waals surface area contributed by atoms with Crippen LogP contribution in [0.5, 0.6) is 0 Å². The molecule has 0 aliphatic carbocycles. The molecule has 174 valence electrons. The number of hydrogen-bond donors (Lipinski definition) is 1. The summed E-state index contributed by atoms with van der Waals surface area (Å²) in [5.41, 5.74) is 5.51. The molecule has 0 bridgehead atoms. The second-order valence-electron chi connectivity index (χ2n) is 7.80. The van der Waals surface area contributed by atoms with Crippen molar-refractivity contribution in [1.29, 1.82) is 5.26 Å². The molecule has 0 saturated carbocycles. The van der Waals surface area contributed by atoms with E-state index in [1.54, 1.807) is 6.20 Å². The van der Waals surface area contributed by atoms with Crippen LogP contribution in [0.4, 0.5) is 5.82 Å². The molecule has 3 aromatic rings. The summed E-state index contributed by atoms with van der Waals surface area (Å²) >= 11 is 14.4. The van der Waals surface area contributed by atoms with Gasteiger partial charge in [0, 0.05) is 5.92 Å². The summed E-state index contributed by atoms with van der Waals surface area (Å²) in [4.78, 5) is 7.57. The molecule has 8 nitrogen and oxygen atoms in total. The van der Waals surface area contributed by atoms with Crippen LogP contribution in [0, 0.1) is 17.2 Å². The van der Waals surface area contributed by atoms with Crippen LogP contribution in [-0.2, 0) is 21.7 Å². The van der Waals surface area contributed by atoms with Gasteiger partial charge >= 0.3 is 4.96 Å². The number of rotatable bonds is 5. The van der Waals surface area contributed by atoms with Gasteiger partial charge in [-0.2, -0.15) is 44.7 Å². The van der Waals surface area contributed by atoms with Gasteiger partial charge in [-0.1, -0.05) is 44.2 Å². The number of nitrogen functional groups attached to an aromatic ring is 1. The Bertz CT molecular complexity index is 1130. The first-order chi connectivity index (χ1) is 15.7. The summed E-state index contributed by atoms with van der Waals surface area (Å²) in [6.45, 7) is 6.40. The van der Waals surface area contributed by atoms with E-state index in [-0.39, 0.29) is 17.8 Å². The van der Waals surface area contributed by atoms with Gasteiger partial charge in [-0.15, -0.1) is 0 Å². The van der Waals surface area contributed by atoms with Gasteiger partial charge in [0.05, 0.1) is 18.9 Å². The number of hydrogen-bond acceptors (Lipinski definition) is 7. The molecule has 4 atom stereocenters. The van der Waals surface area contributed by atoms with Gasteiger partial charge in [0.15, 0.2) is 11.5 Å². The van der Waals surface area contributed by atoms with Crippen molar-refractivity contribution in [1.82, 2.24) is 19.6 Å². The van der Waals surface area contributed by atoms with E-state index in [4.69, 9.17) is 49.6 Å². The Labute approximate surface area is 207 Å². The maximum Gasteiger partial charge on any atom is 0.450 e. The third kappa shape index (κ3) is 4.77. The van der Waals surface area contributed by atoms with Crippen LogP contribution >= 0.6 is 34.4 Å². The number of ether oxygens (including phenoxy) is 2. The lowest BCUT2D eigenvalue weighted by Crippen LogP contribution is -2.51. The molecule has 1 fully saturated rings. The number of anilines is 1. The van der Waals surface area contributed by atoms with E-state index in [1.807, 2.05) is 44.2 Å². The third-order valence-electron chi connectivity index (χ3n) is 6.09. The van der Waals surface area contributed by atoms with Crippen LogP contribution in [0.2, 0.25) is 0 Å². The highest BCUT2D eigenvalue weighted by Gasteiger charge is 2.65. The van der Waals surface area contributed by atoms with Gasteiger partial charge in [0.25, 0.3) is 0 Å². The Morgan fingerprint density at radius 2 is 1.94 bits per heavy atom. The predicted molar refractivity (Wildman–Crippen MR) is 130 cm³/mol. The second-order valence-corrected chi connectivity index (χ2v) is 9.78. The average Bonchev–Trinajstić information content (AvgIpc) is 3.32. The molecule has 12 heteroatoms. The maximum atomic E-state index is 10.4. The molecule has 33 heavy (non-hydrogen) atoms. The summed E-state index contributed by atoms with van der Waals surface area (Å²) in [5.74, 6) is 0.199. The van der Waals surface area contributed by atoms with Gasteiger partial charge in [-0.05, 0) is 18.9 Å². The van der Waals surface area contributed by atoms with E-state index in [2.05, 4.69) is 28.1 Å². The fourth-order valence-corrected chi connectivity index (χ4v) is 4.18. The lowest BCUT2D eigenvalue weighted by atomic mass is 9.75. The van der Waals surface area contributed by atoms with Crippen LogP contribution in [-0.4, -0.2) is 36.2 Å². The normalized spacial score (nSPS) is 26.5. The minimum absolute atomic E-state index is 0.0411. The number of fused-ring (bicyclic) bond motifs is 1. The molecule has 0 radical (unpaired) electrons. The topological polar surface area (TPSA) is 111 Å². The smallest absolute Gasteiger partial charge is 0.381 e. The van der Waals surface area contributed by atoms with Crippen molar-refractivity contribution in [2.45, 2.75) is 51.1 Å². The Morgan fingerprint density at radius 1 is 1.27 bits per heavy atom. The minimum Gasteiger partial charge on any atom is -0.381 e. The number of nitrogens with two attached hydrogens (primary N) is 1. The molecule has 1 aliphatic rings. The monoisotopic (exact) mass is 508 g/mol. The van der Waals surface area contributed by atoms with Crippen LogP contribution in [0.1, 0.15) is 38.4 Å². The summed E-state index contributed by atoms with van der Waals surface area (Å²) in [7, 11) is 0. The molecule has 0 spiro atoms. The van der Waals surface area contributed by atoms with E-state index in [0.717, 1.165) is 12.0 Å². The molecular formula is C21H24BCl3N6O2. The first-order valence-electron chi connectivity index (χ1n) is 10.3. The zero-order chi connectivity index (χ0) is 24.2. The first-order valence-corrected chi connectivity index (χ1v) is 11.6. The molecule has 3 heterocycles. The molecule has 1 aromatic carbocycles. The summed E-state index contributed by atoms with van der Waals surface area (Å²) in [6, 6.07) is 12.3. The molecule has 2 aromatic heterocycles. The van der Waals surface area contributed by atoms with E-state index < -0.39 is 16.2 Å². The van der Waals surface area contributed by atoms with Gasteiger partial charge in [0.1, 0.15) is 23.7 Å². The quantitative estimate of drug-likeness (QED) is 0.503. The van der Waals surface area contributed by atoms with Crippen LogP contribution < -0.4 is 5.73 Å². The lowest BCUT2D eigenvalue weighted by molar-refractivity contribution is -0.144. The van der Waals surface area contributed by atoms with Crippen molar-refractivity contribution in [3.8, 4) is 6.07 Å². The molecule has 2 N–H and O–H groups in total. The molecule has 1 aliphatic heterocycles. The SMILES string of the molecule is CC[C@H]1O[C@@](C#N)(c2cnc3c(N)ncnn23)[C@](C)(OCc2ccccc2)[C@@H]1C.ClB(Cl)Cl. The highest BCUT2D eigenvalue weighted by atomic mass is 35.6. The number of aromatic nitrogens is 4. The Kier molecular flexibility index (Phi) is 8.09. The summed E-state index contributed by atoms with van der Waals surface area (Å²) in [6.07, 6.45) is 3.53. The maximum absolute atomic E-state index is 10.4. The molecule has 0 amide bonds.